The van der Waals surface area contributed by atoms with Gasteiger partial charge in [-0.3, -0.25) is 10.1 Å². The summed E-state index contributed by atoms with van der Waals surface area (Å²) in [6.07, 6.45) is 0.533. The highest BCUT2D eigenvalue weighted by Crippen LogP contribution is 2.41. The largest absolute Gasteiger partial charge is 0.507 e. The van der Waals surface area contributed by atoms with E-state index >= 15 is 0 Å². The lowest BCUT2D eigenvalue weighted by molar-refractivity contribution is -0.384. The van der Waals surface area contributed by atoms with E-state index in [0.29, 0.717) is 23.3 Å². The number of hydrogen-bond donors (Lipinski definition) is 1. The molecule has 0 amide bonds. The molecule has 0 spiro atoms. The standard InChI is InChI=1S/C22H22N2O4/c1-23(2)18-10-7-15(8-11-18)13-17-9-12-20(28-3)21(22(17)25)16-5-4-6-19(14-16)24(26)27/h4-12,14,25H,13H2,1-3H3. The fourth-order valence-electron chi connectivity index (χ4n) is 3.11. The molecule has 0 aromatic heterocycles. The molecule has 0 bridgehead atoms. The van der Waals surface area contributed by atoms with Crippen molar-refractivity contribution in [2.45, 2.75) is 6.42 Å². The highest BCUT2D eigenvalue weighted by molar-refractivity contribution is 5.79. The summed E-state index contributed by atoms with van der Waals surface area (Å²) in [6.45, 7) is 0. The van der Waals surface area contributed by atoms with E-state index in [4.69, 9.17) is 4.74 Å². The molecule has 28 heavy (non-hydrogen) atoms. The van der Waals surface area contributed by atoms with Gasteiger partial charge in [0.1, 0.15) is 11.5 Å². The molecule has 0 aliphatic rings. The van der Waals surface area contributed by atoms with Crippen LogP contribution in [0.25, 0.3) is 11.1 Å². The number of nitro benzene ring substituents is 1. The smallest absolute Gasteiger partial charge is 0.270 e. The minimum atomic E-state index is -0.455. The normalized spacial score (nSPS) is 10.5. The fourth-order valence-corrected chi connectivity index (χ4v) is 3.11. The first-order valence-corrected chi connectivity index (χ1v) is 8.80. The second kappa shape index (κ2) is 8.00. The van der Waals surface area contributed by atoms with Crippen LogP contribution in [0.4, 0.5) is 11.4 Å². The predicted molar refractivity (Wildman–Crippen MR) is 110 cm³/mol. The average Bonchev–Trinajstić information content (AvgIpc) is 2.69. The highest BCUT2D eigenvalue weighted by atomic mass is 16.6. The van der Waals surface area contributed by atoms with Crippen molar-refractivity contribution in [3.05, 3.63) is 81.9 Å². The van der Waals surface area contributed by atoms with Crippen LogP contribution in [0.1, 0.15) is 11.1 Å². The summed E-state index contributed by atoms with van der Waals surface area (Å²) in [5, 5.41) is 22.0. The van der Waals surface area contributed by atoms with Crippen LogP contribution in [0.2, 0.25) is 0 Å². The van der Waals surface area contributed by atoms with E-state index in [-0.39, 0.29) is 11.4 Å². The molecule has 0 fully saturated rings. The SMILES string of the molecule is COc1ccc(Cc2ccc(N(C)C)cc2)c(O)c1-c1cccc([N+](=O)[O-])c1. The van der Waals surface area contributed by atoms with Gasteiger partial charge >= 0.3 is 0 Å². The third kappa shape index (κ3) is 3.91. The van der Waals surface area contributed by atoms with Crippen molar-refractivity contribution in [3.63, 3.8) is 0 Å². The van der Waals surface area contributed by atoms with Crippen molar-refractivity contribution >= 4 is 11.4 Å². The number of anilines is 1. The van der Waals surface area contributed by atoms with Crippen LogP contribution >= 0.6 is 0 Å². The summed E-state index contributed by atoms with van der Waals surface area (Å²) in [5.74, 6) is 0.529. The quantitative estimate of drug-likeness (QED) is 0.500. The van der Waals surface area contributed by atoms with Crippen LogP contribution < -0.4 is 9.64 Å². The van der Waals surface area contributed by atoms with Crippen molar-refractivity contribution in [1.29, 1.82) is 0 Å². The van der Waals surface area contributed by atoms with Crippen LogP contribution in [0.5, 0.6) is 11.5 Å². The Kier molecular flexibility index (Phi) is 5.49. The number of aromatic hydroxyl groups is 1. The number of non-ortho nitro benzene ring substituents is 1. The monoisotopic (exact) mass is 378 g/mol. The summed E-state index contributed by atoms with van der Waals surface area (Å²) in [4.78, 5) is 12.7. The van der Waals surface area contributed by atoms with Crippen molar-refractivity contribution < 1.29 is 14.8 Å². The minimum absolute atomic E-state index is 0.0383. The first kappa shape index (κ1) is 19.2. The third-order valence-corrected chi connectivity index (χ3v) is 4.64. The second-order valence-corrected chi connectivity index (χ2v) is 6.70. The molecule has 6 heteroatoms. The molecule has 3 aromatic carbocycles. The molecule has 0 saturated carbocycles. The Morgan fingerprint density at radius 2 is 1.79 bits per heavy atom. The number of benzene rings is 3. The number of hydrogen-bond acceptors (Lipinski definition) is 5. The predicted octanol–water partition coefficient (Wildman–Crippen LogP) is 4.63. The highest BCUT2D eigenvalue weighted by Gasteiger charge is 2.18. The Bertz CT molecular complexity index is 998. The van der Waals surface area contributed by atoms with E-state index in [0.717, 1.165) is 16.8 Å². The second-order valence-electron chi connectivity index (χ2n) is 6.70. The molecule has 1 N–H and O–H groups in total. The topological polar surface area (TPSA) is 75.8 Å². The first-order valence-electron chi connectivity index (χ1n) is 8.80. The van der Waals surface area contributed by atoms with Gasteiger partial charge in [0.25, 0.3) is 5.69 Å². The van der Waals surface area contributed by atoms with Gasteiger partial charge in [-0.25, -0.2) is 0 Å². The molecule has 3 aromatic rings. The van der Waals surface area contributed by atoms with Crippen LogP contribution in [0.3, 0.4) is 0 Å². The van der Waals surface area contributed by atoms with Gasteiger partial charge in [-0.15, -0.1) is 0 Å². The number of rotatable bonds is 6. The third-order valence-electron chi connectivity index (χ3n) is 4.64. The molecule has 0 saturated heterocycles. The molecule has 144 valence electrons. The molecule has 0 heterocycles. The van der Waals surface area contributed by atoms with Crippen molar-refractivity contribution in [2.24, 2.45) is 0 Å². The number of phenols is 1. The Balaban J connectivity index is 2.02. The maximum Gasteiger partial charge on any atom is 0.270 e. The molecular weight excluding hydrogens is 356 g/mol. The lowest BCUT2D eigenvalue weighted by Crippen LogP contribution is -2.08. The van der Waals surface area contributed by atoms with E-state index < -0.39 is 4.92 Å². The van der Waals surface area contributed by atoms with Crippen molar-refractivity contribution in [3.8, 4) is 22.6 Å². The molecule has 0 atom stereocenters. The lowest BCUT2D eigenvalue weighted by atomic mass is 9.96. The number of methoxy groups -OCH3 is 1. The van der Waals surface area contributed by atoms with Gasteiger partial charge in [-0.1, -0.05) is 30.3 Å². The molecule has 0 radical (unpaired) electrons. The Labute approximate surface area is 163 Å². The Morgan fingerprint density at radius 1 is 1.07 bits per heavy atom. The van der Waals surface area contributed by atoms with Crippen LogP contribution in [0.15, 0.2) is 60.7 Å². The number of ether oxygens (including phenoxy) is 1. The van der Waals surface area contributed by atoms with Gasteiger partial charge in [0.05, 0.1) is 17.6 Å². The zero-order valence-corrected chi connectivity index (χ0v) is 16.0. The zero-order chi connectivity index (χ0) is 20.3. The first-order chi connectivity index (χ1) is 13.4. The maximum absolute atomic E-state index is 11.1. The average molecular weight is 378 g/mol. The van der Waals surface area contributed by atoms with Crippen molar-refractivity contribution in [2.75, 3.05) is 26.1 Å². The van der Waals surface area contributed by atoms with Crippen molar-refractivity contribution in [1.82, 2.24) is 0 Å². The fraction of sp³-hybridized carbons (Fsp3) is 0.182. The van der Waals surface area contributed by atoms with Gasteiger partial charge in [0.15, 0.2) is 0 Å². The number of phenolic OH excluding ortho intramolecular Hbond substituents is 1. The van der Waals surface area contributed by atoms with Gasteiger partial charge < -0.3 is 14.7 Å². The number of nitro groups is 1. The van der Waals surface area contributed by atoms with E-state index in [1.54, 1.807) is 18.2 Å². The summed E-state index contributed by atoms with van der Waals surface area (Å²) >= 11 is 0. The van der Waals surface area contributed by atoms with Crippen LogP contribution in [-0.4, -0.2) is 31.2 Å². The Hall–Kier alpha value is -3.54. The molecule has 0 unspecified atom stereocenters. The number of nitrogens with zero attached hydrogens (tertiary/aromatic N) is 2. The minimum Gasteiger partial charge on any atom is -0.507 e. The van der Waals surface area contributed by atoms with Gasteiger partial charge in [0.2, 0.25) is 0 Å². The van der Waals surface area contributed by atoms with E-state index in [9.17, 15) is 15.2 Å². The molecule has 0 aliphatic heterocycles. The lowest BCUT2D eigenvalue weighted by Gasteiger charge is -2.15. The maximum atomic E-state index is 11.1. The van der Waals surface area contributed by atoms with Gasteiger partial charge in [0, 0.05) is 38.3 Å². The summed E-state index contributed by atoms with van der Waals surface area (Å²) in [7, 11) is 5.47. The van der Waals surface area contributed by atoms with Gasteiger partial charge in [-0.2, -0.15) is 0 Å². The van der Waals surface area contributed by atoms with Crippen LogP contribution in [-0.2, 0) is 6.42 Å². The Morgan fingerprint density at radius 3 is 2.39 bits per heavy atom. The molecule has 6 nitrogen and oxygen atoms in total. The van der Waals surface area contributed by atoms with E-state index in [2.05, 4.69) is 0 Å². The van der Waals surface area contributed by atoms with Crippen LogP contribution in [0, 0.1) is 10.1 Å². The molecule has 3 rings (SSSR count). The summed E-state index contributed by atoms with van der Waals surface area (Å²) in [6, 6.07) is 17.9. The van der Waals surface area contributed by atoms with Gasteiger partial charge in [-0.05, 0) is 34.9 Å². The van der Waals surface area contributed by atoms with E-state index in [1.165, 1.54) is 19.2 Å². The molecular formula is C22H22N2O4. The molecule has 0 aliphatic carbocycles. The summed E-state index contributed by atoms with van der Waals surface area (Å²) in [5.41, 5.74) is 3.82. The summed E-state index contributed by atoms with van der Waals surface area (Å²) < 4.78 is 5.39. The zero-order valence-electron chi connectivity index (χ0n) is 16.0. The van der Waals surface area contributed by atoms with E-state index in [1.807, 2.05) is 49.3 Å².